The van der Waals surface area contributed by atoms with Crippen LogP contribution in [0, 0.1) is 27.7 Å². The van der Waals surface area contributed by atoms with Crippen molar-refractivity contribution < 1.29 is 19.1 Å². The van der Waals surface area contributed by atoms with Gasteiger partial charge in [0.1, 0.15) is 23.0 Å². The first-order chi connectivity index (χ1) is 19.3. The van der Waals surface area contributed by atoms with Gasteiger partial charge >= 0.3 is 0 Å². The van der Waals surface area contributed by atoms with Gasteiger partial charge in [0, 0.05) is 22.3 Å². The number of ether oxygens (including phenoxy) is 2. The second-order valence-electron chi connectivity index (χ2n) is 9.93. The van der Waals surface area contributed by atoms with Gasteiger partial charge < -0.3 is 9.47 Å². The first kappa shape index (κ1) is 26.6. The first-order valence-electron chi connectivity index (χ1n) is 13.2. The van der Waals surface area contributed by atoms with Crippen LogP contribution in [0.2, 0.25) is 0 Å². The molecule has 4 heteroatoms. The van der Waals surface area contributed by atoms with Gasteiger partial charge in [-0.15, -0.1) is 0 Å². The van der Waals surface area contributed by atoms with E-state index in [2.05, 4.69) is 0 Å². The van der Waals surface area contributed by atoms with Crippen molar-refractivity contribution in [1.82, 2.24) is 0 Å². The second kappa shape index (κ2) is 11.4. The number of carbonyl (C=O) groups excluding carboxylic acids is 2. The molecule has 5 rings (SSSR count). The van der Waals surface area contributed by atoms with Crippen LogP contribution in [-0.4, -0.2) is 11.6 Å². The highest BCUT2D eigenvalue weighted by atomic mass is 16.5. The largest absolute Gasteiger partial charge is 0.457 e. The second-order valence-corrected chi connectivity index (χ2v) is 9.93. The van der Waals surface area contributed by atoms with E-state index in [0.29, 0.717) is 33.8 Å². The number of hydrogen-bond acceptors (Lipinski definition) is 4. The maximum Gasteiger partial charge on any atom is 0.193 e. The Kier molecular flexibility index (Phi) is 7.61. The topological polar surface area (TPSA) is 52.6 Å². The lowest BCUT2D eigenvalue weighted by Crippen LogP contribution is -2.04. The van der Waals surface area contributed by atoms with E-state index in [-0.39, 0.29) is 11.6 Å². The minimum absolute atomic E-state index is 0.120. The van der Waals surface area contributed by atoms with E-state index >= 15 is 0 Å². The average molecular weight is 527 g/mol. The molecule has 0 saturated heterocycles. The molecule has 0 amide bonds. The highest BCUT2D eigenvalue weighted by Crippen LogP contribution is 2.30. The van der Waals surface area contributed by atoms with Gasteiger partial charge in [-0.25, -0.2) is 0 Å². The Morgan fingerprint density at radius 1 is 0.400 bits per heavy atom. The SMILES string of the molecule is Cc1cccc(C)c1Oc1ccc(C(=O)c2ccc(C(=O)c3ccc(Oc4c(C)cccc4C)cc3)cc2)cc1. The lowest BCUT2D eigenvalue weighted by Gasteiger charge is -2.12. The van der Waals surface area contributed by atoms with Crippen molar-refractivity contribution in [1.29, 1.82) is 0 Å². The van der Waals surface area contributed by atoms with E-state index < -0.39 is 0 Å². The van der Waals surface area contributed by atoms with Crippen molar-refractivity contribution in [2.24, 2.45) is 0 Å². The molecule has 0 N–H and O–H groups in total. The van der Waals surface area contributed by atoms with Crippen molar-refractivity contribution in [2.45, 2.75) is 27.7 Å². The van der Waals surface area contributed by atoms with Crippen molar-refractivity contribution >= 4 is 11.6 Å². The van der Waals surface area contributed by atoms with Gasteiger partial charge in [-0.05, 0) is 98.5 Å². The molecule has 0 spiro atoms. The van der Waals surface area contributed by atoms with E-state index in [0.717, 1.165) is 33.8 Å². The van der Waals surface area contributed by atoms with Crippen molar-refractivity contribution in [3.63, 3.8) is 0 Å². The monoisotopic (exact) mass is 526 g/mol. The fourth-order valence-corrected chi connectivity index (χ4v) is 4.61. The predicted octanol–water partition coefficient (Wildman–Crippen LogP) is 8.97. The minimum Gasteiger partial charge on any atom is -0.457 e. The normalized spacial score (nSPS) is 10.7. The molecule has 4 nitrogen and oxygen atoms in total. The zero-order valence-corrected chi connectivity index (χ0v) is 23.0. The molecule has 5 aromatic carbocycles. The third-order valence-electron chi connectivity index (χ3n) is 6.90. The minimum atomic E-state index is -0.120. The van der Waals surface area contributed by atoms with Crippen LogP contribution in [0.25, 0.3) is 0 Å². The molecule has 0 radical (unpaired) electrons. The molecular formula is C36H30O4. The Labute approximate surface area is 234 Å². The van der Waals surface area contributed by atoms with Crippen molar-refractivity contribution in [2.75, 3.05) is 0 Å². The summed E-state index contributed by atoms with van der Waals surface area (Å²) in [5, 5.41) is 0. The van der Waals surface area contributed by atoms with Crippen LogP contribution in [-0.2, 0) is 0 Å². The molecule has 0 heterocycles. The van der Waals surface area contributed by atoms with Crippen molar-refractivity contribution in [3.8, 4) is 23.0 Å². The van der Waals surface area contributed by atoms with Gasteiger partial charge in [0.2, 0.25) is 0 Å². The number of ketones is 2. The van der Waals surface area contributed by atoms with Gasteiger partial charge in [-0.3, -0.25) is 9.59 Å². The molecule has 0 aromatic heterocycles. The molecule has 40 heavy (non-hydrogen) atoms. The van der Waals surface area contributed by atoms with Gasteiger partial charge in [-0.1, -0.05) is 60.7 Å². The van der Waals surface area contributed by atoms with E-state index in [4.69, 9.17) is 9.47 Å². The highest BCUT2D eigenvalue weighted by molar-refractivity contribution is 6.11. The Morgan fingerprint density at radius 2 is 0.650 bits per heavy atom. The molecule has 0 aliphatic rings. The first-order valence-corrected chi connectivity index (χ1v) is 13.2. The molecule has 0 aliphatic carbocycles. The standard InChI is InChI=1S/C36H30O4/c1-23-7-5-8-24(2)35(23)39-31-19-15-29(16-20-31)33(37)27-11-13-28(14-12-27)34(38)30-17-21-32(22-18-30)40-36-25(3)9-6-10-26(36)4/h5-22H,1-4H3. The number of para-hydroxylation sites is 2. The molecule has 0 fully saturated rings. The molecule has 5 aromatic rings. The zero-order valence-electron chi connectivity index (χ0n) is 23.0. The van der Waals surface area contributed by atoms with Crippen LogP contribution in [0.4, 0.5) is 0 Å². The smallest absolute Gasteiger partial charge is 0.193 e. The third kappa shape index (κ3) is 5.71. The Bertz CT molecular complexity index is 1510. The third-order valence-corrected chi connectivity index (χ3v) is 6.90. The molecule has 0 saturated carbocycles. The summed E-state index contributed by atoms with van der Waals surface area (Å²) in [5.74, 6) is 2.74. The maximum atomic E-state index is 13.1. The van der Waals surface area contributed by atoms with Crippen LogP contribution in [0.15, 0.2) is 109 Å². The van der Waals surface area contributed by atoms with Crippen LogP contribution >= 0.6 is 0 Å². The predicted molar refractivity (Wildman–Crippen MR) is 158 cm³/mol. The summed E-state index contributed by atoms with van der Waals surface area (Å²) in [6, 6.07) is 33.0. The van der Waals surface area contributed by atoms with Gasteiger partial charge in [-0.2, -0.15) is 0 Å². The van der Waals surface area contributed by atoms with Gasteiger partial charge in [0.25, 0.3) is 0 Å². The summed E-state index contributed by atoms with van der Waals surface area (Å²) in [6.07, 6.45) is 0. The highest BCUT2D eigenvalue weighted by Gasteiger charge is 2.14. The van der Waals surface area contributed by atoms with Gasteiger partial charge in [0.05, 0.1) is 0 Å². The maximum absolute atomic E-state index is 13.1. The summed E-state index contributed by atoms with van der Waals surface area (Å²) in [6.45, 7) is 8.02. The molecule has 0 atom stereocenters. The fraction of sp³-hybridized carbons (Fsp3) is 0.111. The van der Waals surface area contributed by atoms with E-state index in [9.17, 15) is 9.59 Å². The molecule has 0 aliphatic heterocycles. The molecule has 198 valence electrons. The molecule has 0 bridgehead atoms. The molecular weight excluding hydrogens is 496 g/mol. The number of rotatable bonds is 8. The van der Waals surface area contributed by atoms with Crippen molar-refractivity contribution in [3.05, 3.63) is 154 Å². The Morgan fingerprint density at radius 3 is 0.925 bits per heavy atom. The number of aryl methyl sites for hydroxylation is 4. The summed E-state index contributed by atoms with van der Waals surface area (Å²) in [5.41, 5.74) is 6.33. The number of benzene rings is 5. The van der Waals surface area contributed by atoms with E-state index in [1.165, 1.54) is 0 Å². The fourth-order valence-electron chi connectivity index (χ4n) is 4.61. The lowest BCUT2D eigenvalue weighted by atomic mass is 9.98. The van der Waals surface area contributed by atoms with E-state index in [1.807, 2.05) is 64.1 Å². The Balaban J connectivity index is 1.25. The van der Waals surface area contributed by atoms with E-state index in [1.54, 1.807) is 72.8 Å². The quantitative estimate of drug-likeness (QED) is 0.189. The summed E-state index contributed by atoms with van der Waals surface area (Å²) in [7, 11) is 0. The Hall–Kier alpha value is -4.96. The van der Waals surface area contributed by atoms with Crippen LogP contribution < -0.4 is 9.47 Å². The summed E-state index contributed by atoms with van der Waals surface area (Å²) in [4.78, 5) is 26.1. The zero-order chi connectivity index (χ0) is 28.2. The molecule has 0 unspecified atom stereocenters. The van der Waals surface area contributed by atoms with Crippen LogP contribution in [0.5, 0.6) is 23.0 Å². The summed E-state index contributed by atoms with van der Waals surface area (Å²) < 4.78 is 12.1. The van der Waals surface area contributed by atoms with Crippen LogP contribution in [0.1, 0.15) is 54.1 Å². The number of hydrogen-bond donors (Lipinski definition) is 0. The lowest BCUT2D eigenvalue weighted by molar-refractivity contribution is 0.102. The summed E-state index contributed by atoms with van der Waals surface area (Å²) >= 11 is 0. The number of carbonyl (C=O) groups is 2. The average Bonchev–Trinajstić information content (AvgIpc) is 2.97. The van der Waals surface area contributed by atoms with Crippen LogP contribution in [0.3, 0.4) is 0 Å². The van der Waals surface area contributed by atoms with Gasteiger partial charge in [0.15, 0.2) is 11.6 Å².